The predicted octanol–water partition coefficient (Wildman–Crippen LogP) is 2.84. The van der Waals surface area contributed by atoms with Gasteiger partial charge in [0.15, 0.2) is 0 Å². The van der Waals surface area contributed by atoms with Crippen molar-refractivity contribution in [3.05, 3.63) is 61.6 Å². The van der Waals surface area contributed by atoms with Crippen LogP contribution in [0, 0.1) is 13.8 Å². The van der Waals surface area contributed by atoms with Gasteiger partial charge < -0.3 is 4.74 Å². The molecule has 0 bridgehead atoms. The van der Waals surface area contributed by atoms with E-state index in [1.54, 1.807) is 0 Å². The van der Waals surface area contributed by atoms with Crippen molar-refractivity contribution in [1.82, 2.24) is 9.55 Å². The van der Waals surface area contributed by atoms with Gasteiger partial charge in [-0.05, 0) is 44.0 Å². The summed E-state index contributed by atoms with van der Waals surface area (Å²) in [5, 5.41) is 0.576. The molecule has 0 aliphatic carbocycles. The van der Waals surface area contributed by atoms with Crippen molar-refractivity contribution in [3.63, 3.8) is 0 Å². The summed E-state index contributed by atoms with van der Waals surface area (Å²) in [5.74, 6) is 0.801. The molecule has 2 heterocycles. The Kier molecular flexibility index (Phi) is 4.34. The lowest BCUT2D eigenvalue weighted by molar-refractivity contribution is 0.299. The number of aromatic amines is 1. The molecule has 3 rings (SSSR count). The zero-order valence-electron chi connectivity index (χ0n) is 13.1. The molecule has 5 nitrogen and oxygen atoms in total. The van der Waals surface area contributed by atoms with Crippen LogP contribution in [0.3, 0.4) is 0 Å². The second kappa shape index (κ2) is 6.42. The first-order valence-electron chi connectivity index (χ1n) is 7.47. The predicted molar refractivity (Wildman–Crippen MR) is 92.7 cm³/mol. The van der Waals surface area contributed by atoms with Crippen LogP contribution in [-0.2, 0) is 6.54 Å². The lowest BCUT2D eigenvalue weighted by Gasteiger charge is -2.08. The van der Waals surface area contributed by atoms with Gasteiger partial charge in [0.05, 0.1) is 12.0 Å². The number of thiophene rings is 1. The number of hydrogen-bond donors (Lipinski definition) is 1. The highest BCUT2D eigenvalue weighted by atomic mass is 32.1. The minimum Gasteiger partial charge on any atom is -0.494 e. The van der Waals surface area contributed by atoms with Gasteiger partial charge in [0, 0.05) is 11.4 Å². The Hall–Kier alpha value is -2.34. The SMILES string of the molecule is Cc1cccc(OCCCn2c(=O)[nH]c3sc(C)cc3c2=O)c1. The summed E-state index contributed by atoms with van der Waals surface area (Å²) < 4.78 is 6.90. The maximum absolute atomic E-state index is 12.4. The Labute approximate surface area is 137 Å². The molecule has 3 aromatic rings. The molecular formula is C17H18N2O3S. The van der Waals surface area contributed by atoms with Gasteiger partial charge in [-0.1, -0.05) is 12.1 Å². The number of fused-ring (bicyclic) bond motifs is 1. The molecule has 0 amide bonds. The molecule has 23 heavy (non-hydrogen) atoms. The van der Waals surface area contributed by atoms with E-state index in [0.29, 0.717) is 29.8 Å². The molecule has 0 aliphatic heterocycles. The lowest BCUT2D eigenvalue weighted by Crippen LogP contribution is -2.35. The third-order valence-corrected chi connectivity index (χ3v) is 4.55. The van der Waals surface area contributed by atoms with Gasteiger partial charge in [-0.3, -0.25) is 14.3 Å². The number of aryl methyl sites for hydroxylation is 2. The van der Waals surface area contributed by atoms with E-state index in [-0.39, 0.29) is 11.2 Å². The number of benzene rings is 1. The highest BCUT2D eigenvalue weighted by Crippen LogP contribution is 2.18. The zero-order valence-corrected chi connectivity index (χ0v) is 13.9. The third-order valence-electron chi connectivity index (χ3n) is 3.58. The van der Waals surface area contributed by atoms with Crippen molar-refractivity contribution in [2.45, 2.75) is 26.8 Å². The lowest BCUT2D eigenvalue weighted by atomic mass is 10.2. The Bertz CT molecular complexity index is 952. The Balaban J connectivity index is 1.70. The minimum atomic E-state index is -0.361. The molecule has 6 heteroatoms. The van der Waals surface area contributed by atoms with Crippen molar-refractivity contribution < 1.29 is 4.74 Å². The van der Waals surface area contributed by atoms with Gasteiger partial charge in [0.25, 0.3) is 5.56 Å². The molecule has 1 aromatic carbocycles. The Morgan fingerprint density at radius 3 is 2.83 bits per heavy atom. The van der Waals surface area contributed by atoms with E-state index in [0.717, 1.165) is 16.2 Å². The zero-order chi connectivity index (χ0) is 16.4. The second-order valence-corrected chi connectivity index (χ2v) is 6.76. The number of ether oxygens (including phenoxy) is 1. The topological polar surface area (TPSA) is 64.1 Å². The maximum Gasteiger partial charge on any atom is 0.329 e. The van der Waals surface area contributed by atoms with Gasteiger partial charge in [-0.2, -0.15) is 0 Å². The molecular weight excluding hydrogens is 312 g/mol. The quantitative estimate of drug-likeness (QED) is 0.732. The van der Waals surface area contributed by atoms with Crippen molar-refractivity contribution in [3.8, 4) is 5.75 Å². The van der Waals surface area contributed by atoms with Crippen LogP contribution < -0.4 is 16.0 Å². The minimum absolute atomic E-state index is 0.233. The van der Waals surface area contributed by atoms with Gasteiger partial charge in [0.2, 0.25) is 0 Å². The van der Waals surface area contributed by atoms with Crippen molar-refractivity contribution in [2.75, 3.05) is 6.61 Å². The normalized spacial score (nSPS) is 11.0. The van der Waals surface area contributed by atoms with Crippen LogP contribution in [0.4, 0.5) is 0 Å². The van der Waals surface area contributed by atoms with Gasteiger partial charge in [-0.15, -0.1) is 11.3 Å². The fourth-order valence-electron chi connectivity index (χ4n) is 2.49. The average molecular weight is 330 g/mol. The number of rotatable bonds is 5. The highest BCUT2D eigenvalue weighted by Gasteiger charge is 2.09. The van der Waals surface area contributed by atoms with Gasteiger partial charge in [0.1, 0.15) is 10.6 Å². The molecule has 0 spiro atoms. The van der Waals surface area contributed by atoms with E-state index in [4.69, 9.17) is 4.74 Å². The number of H-pyrrole nitrogens is 1. The fraction of sp³-hybridized carbons (Fsp3) is 0.294. The first-order chi connectivity index (χ1) is 11.0. The molecule has 0 radical (unpaired) electrons. The first kappa shape index (κ1) is 15.6. The average Bonchev–Trinajstić information content (AvgIpc) is 2.87. The summed E-state index contributed by atoms with van der Waals surface area (Å²) in [6.45, 7) is 4.72. The van der Waals surface area contributed by atoms with Crippen LogP contribution in [0.5, 0.6) is 5.75 Å². The summed E-state index contributed by atoms with van der Waals surface area (Å²) in [6, 6.07) is 9.61. The monoisotopic (exact) mass is 330 g/mol. The molecule has 2 aromatic heterocycles. The molecule has 0 aliphatic rings. The fourth-order valence-corrected chi connectivity index (χ4v) is 3.38. The number of hydrogen-bond acceptors (Lipinski definition) is 4. The molecule has 0 saturated heterocycles. The standard InChI is InChI=1S/C17H18N2O3S/c1-11-5-3-6-13(9-11)22-8-4-7-19-16(20)14-10-12(2)23-15(14)18-17(19)21/h3,5-6,9-10H,4,7-8H2,1-2H3,(H,18,21). The van der Waals surface area contributed by atoms with Crippen LogP contribution in [0.1, 0.15) is 16.9 Å². The van der Waals surface area contributed by atoms with Crippen LogP contribution in [0.25, 0.3) is 10.2 Å². The molecule has 0 fully saturated rings. The van der Waals surface area contributed by atoms with Crippen LogP contribution in [0.2, 0.25) is 0 Å². The van der Waals surface area contributed by atoms with Crippen molar-refractivity contribution >= 4 is 21.6 Å². The summed E-state index contributed by atoms with van der Waals surface area (Å²) in [7, 11) is 0. The summed E-state index contributed by atoms with van der Waals surface area (Å²) in [5.41, 5.74) is 0.539. The number of nitrogens with zero attached hydrogens (tertiary/aromatic N) is 1. The van der Waals surface area contributed by atoms with Crippen molar-refractivity contribution in [1.29, 1.82) is 0 Å². The first-order valence-corrected chi connectivity index (χ1v) is 8.29. The number of aromatic nitrogens is 2. The van der Waals surface area contributed by atoms with Crippen LogP contribution >= 0.6 is 11.3 Å². The molecule has 1 N–H and O–H groups in total. The summed E-state index contributed by atoms with van der Waals surface area (Å²) >= 11 is 1.42. The molecule has 0 atom stereocenters. The summed E-state index contributed by atoms with van der Waals surface area (Å²) in [4.78, 5) is 28.8. The molecule has 120 valence electrons. The van der Waals surface area contributed by atoms with Crippen molar-refractivity contribution in [2.24, 2.45) is 0 Å². The van der Waals surface area contributed by atoms with Crippen LogP contribution in [-0.4, -0.2) is 16.2 Å². The van der Waals surface area contributed by atoms with Gasteiger partial charge >= 0.3 is 5.69 Å². The van der Waals surface area contributed by atoms with E-state index in [9.17, 15) is 9.59 Å². The van der Waals surface area contributed by atoms with Gasteiger partial charge in [-0.25, -0.2) is 4.79 Å². The Morgan fingerprint density at radius 1 is 1.22 bits per heavy atom. The van der Waals surface area contributed by atoms with E-state index in [1.165, 1.54) is 15.9 Å². The largest absolute Gasteiger partial charge is 0.494 e. The maximum atomic E-state index is 12.4. The van der Waals surface area contributed by atoms with E-state index >= 15 is 0 Å². The van der Waals surface area contributed by atoms with E-state index in [2.05, 4.69) is 4.98 Å². The Morgan fingerprint density at radius 2 is 2.04 bits per heavy atom. The number of nitrogens with one attached hydrogen (secondary N) is 1. The molecule has 0 saturated carbocycles. The van der Waals surface area contributed by atoms with E-state index in [1.807, 2.05) is 44.2 Å². The third kappa shape index (κ3) is 3.37. The summed E-state index contributed by atoms with van der Waals surface area (Å²) in [6.07, 6.45) is 0.589. The molecule has 0 unspecified atom stereocenters. The van der Waals surface area contributed by atoms with E-state index < -0.39 is 0 Å². The smallest absolute Gasteiger partial charge is 0.329 e. The highest BCUT2D eigenvalue weighted by molar-refractivity contribution is 7.18. The van der Waals surface area contributed by atoms with Crippen LogP contribution in [0.15, 0.2) is 39.9 Å². The second-order valence-electron chi connectivity index (χ2n) is 5.51.